The first kappa shape index (κ1) is 16.1. The molecule has 0 saturated carbocycles. The average molecular weight is 357 g/mol. The third kappa shape index (κ3) is 3.38. The van der Waals surface area contributed by atoms with Crippen LogP contribution in [0.5, 0.6) is 10.8 Å². The molecule has 25 heavy (non-hydrogen) atoms. The van der Waals surface area contributed by atoms with Crippen molar-refractivity contribution in [3.05, 3.63) is 46.8 Å². The fourth-order valence-electron chi connectivity index (χ4n) is 3.52. The summed E-state index contributed by atoms with van der Waals surface area (Å²) in [6.07, 6.45) is 3.36. The third-order valence-electron chi connectivity index (χ3n) is 4.78. The minimum atomic E-state index is -0.475. The molecular formula is C18H19N3O3S. The molecule has 0 unspecified atom stereocenters. The van der Waals surface area contributed by atoms with Crippen LogP contribution in [0.1, 0.15) is 39.3 Å². The number of amides is 2. The van der Waals surface area contributed by atoms with E-state index in [1.165, 1.54) is 17.8 Å². The Morgan fingerprint density at radius 1 is 1.16 bits per heavy atom. The fourth-order valence-corrected chi connectivity index (χ4v) is 4.30. The maximum atomic E-state index is 12.4. The summed E-state index contributed by atoms with van der Waals surface area (Å²) in [6, 6.07) is 11.3. The molecule has 2 amide bonds. The van der Waals surface area contributed by atoms with Crippen molar-refractivity contribution in [1.82, 2.24) is 10.6 Å². The van der Waals surface area contributed by atoms with E-state index in [-0.39, 0.29) is 11.9 Å². The highest BCUT2D eigenvalue weighted by Crippen LogP contribution is 2.31. The van der Waals surface area contributed by atoms with Gasteiger partial charge in [0.25, 0.3) is 5.91 Å². The average Bonchev–Trinajstić information content (AvgIpc) is 3.32. The van der Waals surface area contributed by atoms with Crippen LogP contribution in [0, 0.1) is 0 Å². The molecule has 2 aromatic rings. The fraction of sp³-hybridized carbons (Fsp3) is 0.333. The van der Waals surface area contributed by atoms with E-state index in [0.717, 1.165) is 12.8 Å². The third-order valence-corrected chi connectivity index (χ3v) is 5.74. The summed E-state index contributed by atoms with van der Waals surface area (Å²) >= 11 is 1.30. The van der Waals surface area contributed by atoms with Gasteiger partial charge in [-0.2, -0.15) is 0 Å². The first-order chi connectivity index (χ1) is 12.1. The van der Waals surface area contributed by atoms with Crippen molar-refractivity contribution >= 4 is 23.2 Å². The van der Waals surface area contributed by atoms with Gasteiger partial charge in [0.2, 0.25) is 5.91 Å². The number of hydrogen-bond acceptors (Lipinski definition) is 5. The number of benzene rings is 1. The van der Waals surface area contributed by atoms with E-state index in [1.54, 1.807) is 36.4 Å². The van der Waals surface area contributed by atoms with Gasteiger partial charge in [-0.3, -0.25) is 9.59 Å². The van der Waals surface area contributed by atoms with Gasteiger partial charge < -0.3 is 21.1 Å². The second kappa shape index (κ2) is 6.50. The predicted molar refractivity (Wildman–Crippen MR) is 95.2 cm³/mol. The molecule has 0 aliphatic carbocycles. The summed E-state index contributed by atoms with van der Waals surface area (Å²) in [6.45, 7) is 0. The summed E-state index contributed by atoms with van der Waals surface area (Å²) in [4.78, 5) is 24.1. The normalized spacial score (nSPS) is 24.2. The number of nitrogens with two attached hydrogens (primary N) is 1. The van der Waals surface area contributed by atoms with E-state index in [4.69, 9.17) is 10.5 Å². The van der Waals surface area contributed by atoms with Gasteiger partial charge >= 0.3 is 0 Å². The van der Waals surface area contributed by atoms with Crippen LogP contribution in [-0.2, 0) is 0 Å². The Hall–Kier alpha value is -2.38. The number of nitrogens with one attached hydrogen (secondary N) is 2. The summed E-state index contributed by atoms with van der Waals surface area (Å²) in [5, 5.41) is 7.27. The summed E-state index contributed by atoms with van der Waals surface area (Å²) < 4.78 is 5.74. The Kier molecular flexibility index (Phi) is 4.19. The predicted octanol–water partition coefficient (Wildman–Crippen LogP) is 2.26. The Balaban J connectivity index is 1.38. The van der Waals surface area contributed by atoms with Crippen LogP contribution in [0.25, 0.3) is 0 Å². The highest BCUT2D eigenvalue weighted by Gasteiger charge is 2.39. The van der Waals surface area contributed by atoms with Crippen LogP contribution < -0.4 is 21.1 Å². The SMILES string of the molecule is NC(=O)c1ccc(Oc2ccc(C(=O)N[C@@H]3C[C@H]4CC[C@@H]3N4)s2)cc1. The Bertz CT molecular complexity index is 802. The van der Waals surface area contributed by atoms with Crippen molar-refractivity contribution < 1.29 is 14.3 Å². The van der Waals surface area contributed by atoms with Crippen LogP contribution in [0.2, 0.25) is 0 Å². The van der Waals surface area contributed by atoms with Gasteiger partial charge in [-0.15, -0.1) is 0 Å². The lowest BCUT2D eigenvalue weighted by molar-refractivity contribution is 0.0934. The first-order valence-corrected chi connectivity index (χ1v) is 9.14. The topological polar surface area (TPSA) is 93.5 Å². The van der Waals surface area contributed by atoms with Gasteiger partial charge in [-0.1, -0.05) is 11.3 Å². The minimum absolute atomic E-state index is 0.0525. The van der Waals surface area contributed by atoms with Gasteiger partial charge in [0.1, 0.15) is 5.75 Å². The second-order valence-corrected chi connectivity index (χ2v) is 7.52. The lowest BCUT2D eigenvalue weighted by Crippen LogP contribution is -2.42. The molecule has 3 heterocycles. The van der Waals surface area contributed by atoms with E-state index < -0.39 is 5.91 Å². The number of carbonyl (C=O) groups excluding carboxylic acids is 2. The number of ether oxygens (including phenoxy) is 1. The molecule has 1 aromatic heterocycles. The van der Waals surface area contributed by atoms with Crippen LogP contribution >= 0.6 is 11.3 Å². The lowest BCUT2D eigenvalue weighted by Gasteiger charge is -2.20. The summed E-state index contributed by atoms with van der Waals surface area (Å²) in [5.41, 5.74) is 5.64. The van der Waals surface area contributed by atoms with Gasteiger partial charge in [0.05, 0.1) is 4.88 Å². The zero-order chi connectivity index (χ0) is 17.4. The number of rotatable bonds is 5. The zero-order valence-corrected chi connectivity index (χ0v) is 14.3. The molecule has 6 nitrogen and oxygen atoms in total. The second-order valence-electron chi connectivity index (χ2n) is 6.47. The van der Waals surface area contributed by atoms with Gasteiger partial charge in [0, 0.05) is 23.7 Å². The molecule has 2 aliphatic rings. The molecule has 4 N–H and O–H groups in total. The van der Waals surface area contributed by atoms with E-state index in [9.17, 15) is 9.59 Å². The van der Waals surface area contributed by atoms with Gasteiger partial charge in [-0.25, -0.2) is 0 Å². The van der Waals surface area contributed by atoms with Crippen molar-refractivity contribution in [3.8, 4) is 10.8 Å². The zero-order valence-electron chi connectivity index (χ0n) is 13.5. The monoisotopic (exact) mass is 357 g/mol. The molecule has 1 aromatic carbocycles. The number of thiophene rings is 1. The lowest BCUT2D eigenvalue weighted by atomic mass is 9.95. The molecule has 2 saturated heterocycles. The van der Waals surface area contributed by atoms with Gasteiger partial charge in [-0.05, 0) is 55.7 Å². The largest absolute Gasteiger partial charge is 0.447 e. The molecule has 7 heteroatoms. The van der Waals surface area contributed by atoms with Crippen molar-refractivity contribution in [2.24, 2.45) is 5.73 Å². The smallest absolute Gasteiger partial charge is 0.261 e. The first-order valence-electron chi connectivity index (χ1n) is 8.33. The molecule has 130 valence electrons. The van der Waals surface area contributed by atoms with Gasteiger partial charge in [0.15, 0.2) is 5.06 Å². The van der Waals surface area contributed by atoms with E-state index in [2.05, 4.69) is 10.6 Å². The Morgan fingerprint density at radius 2 is 1.96 bits per heavy atom. The minimum Gasteiger partial charge on any atom is -0.447 e. The van der Waals surface area contributed by atoms with Crippen LogP contribution in [0.4, 0.5) is 0 Å². The summed E-state index contributed by atoms with van der Waals surface area (Å²) in [7, 11) is 0. The Labute approximate surface area is 149 Å². The molecular weight excluding hydrogens is 338 g/mol. The maximum Gasteiger partial charge on any atom is 0.261 e. The molecule has 0 radical (unpaired) electrons. The highest BCUT2D eigenvalue weighted by atomic mass is 32.1. The van der Waals surface area contributed by atoms with E-state index in [0.29, 0.717) is 33.3 Å². The number of hydrogen-bond donors (Lipinski definition) is 3. The van der Waals surface area contributed by atoms with Crippen molar-refractivity contribution in [3.63, 3.8) is 0 Å². The van der Waals surface area contributed by atoms with E-state index in [1.807, 2.05) is 0 Å². The molecule has 3 atom stereocenters. The maximum absolute atomic E-state index is 12.4. The standard InChI is InChI=1S/C18H19N3O3S/c19-17(22)10-1-4-12(5-2-10)24-16-8-7-15(25-16)18(23)21-14-9-11-3-6-13(14)20-11/h1-2,4-5,7-8,11,13-14,20H,3,6,9H2,(H2,19,22)(H,21,23)/t11-,13+,14-/m1/s1. The van der Waals surface area contributed by atoms with Crippen molar-refractivity contribution in [1.29, 1.82) is 0 Å². The highest BCUT2D eigenvalue weighted by molar-refractivity contribution is 7.15. The molecule has 4 rings (SSSR count). The van der Waals surface area contributed by atoms with Crippen molar-refractivity contribution in [2.75, 3.05) is 0 Å². The Morgan fingerprint density at radius 3 is 2.60 bits per heavy atom. The van der Waals surface area contributed by atoms with E-state index >= 15 is 0 Å². The summed E-state index contributed by atoms with van der Waals surface area (Å²) in [5.74, 6) is 0.0659. The molecule has 2 fully saturated rings. The quantitative estimate of drug-likeness (QED) is 0.765. The number of primary amides is 1. The number of carbonyl (C=O) groups is 2. The molecule has 2 bridgehead atoms. The number of fused-ring (bicyclic) bond motifs is 2. The van der Waals surface area contributed by atoms with Crippen LogP contribution in [-0.4, -0.2) is 29.9 Å². The molecule has 0 spiro atoms. The van der Waals surface area contributed by atoms with Crippen molar-refractivity contribution in [2.45, 2.75) is 37.4 Å². The van der Waals surface area contributed by atoms with Crippen LogP contribution in [0.15, 0.2) is 36.4 Å². The molecule has 2 aliphatic heterocycles. The van der Waals surface area contributed by atoms with Crippen LogP contribution in [0.3, 0.4) is 0 Å².